The molecule has 0 atom stereocenters. The number of carboxylic acids is 2. The number of benzene rings is 3. The number of aromatic carboxylic acids is 2. The zero-order chi connectivity index (χ0) is 53.2. The zero-order valence-corrected chi connectivity index (χ0v) is 44.9. The second-order valence-electron chi connectivity index (χ2n) is 13.1. The van der Waals surface area contributed by atoms with Gasteiger partial charge < -0.3 is 78.4 Å². The van der Waals surface area contributed by atoms with Gasteiger partial charge in [-0.05, 0) is 96.9 Å². The first-order valence-electron chi connectivity index (χ1n) is 22.0. The maximum atomic E-state index is 11.3. The minimum absolute atomic E-state index is 0. The van der Waals surface area contributed by atoms with Crippen molar-refractivity contribution < 1.29 is 132 Å². The van der Waals surface area contributed by atoms with Crippen LogP contribution in [0.4, 0.5) is 0 Å². The number of hydrogen-bond acceptors (Lipinski definition) is 19. The van der Waals surface area contributed by atoms with Crippen LogP contribution in [0, 0.1) is 0 Å². The van der Waals surface area contributed by atoms with E-state index in [0.29, 0.717) is 122 Å². The Bertz CT molecular complexity index is 1810. The Morgan fingerprint density at radius 1 is 0.521 bits per heavy atom. The number of aromatic hydroxyl groups is 1. The molecule has 0 heterocycles. The van der Waals surface area contributed by atoms with Crippen molar-refractivity contribution in [2.45, 2.75) is 19.8 Å². The summed E-state index contributed by atoms with van der Waals surface area (Å²) < 4.78 is 51.1. The average Bonchev–Trinajstić information content (AvgIpc) is 3.37. The van der Waals surface area contributed by atoms with Gasteiger partial charge in [-0.25, -0.2) is 19.2 Å². The minimum atomic E-state index is -0.973. The Morgan fingerprint density at radius 3 is 1.22 bits per heavy atom. The molecule has 0 aliphatic rings. The first kappa shape index (κ1) is 74.8. The normalized spacial score (nSPS) is 9.60. The number of aliphatic hydroxyl groups is 2. The van der Waals surface area contributed by atoms with Gasteiger partial charge in [-0.3, -0.25) is 4.79 Å². The van der Waals surface area contributed by atoms with Crippen molar-refractivity contribution in [2.24, 2.45) is 0 Å². The summed E-state index contributed by atoms with van der Waals surface area (Å²) in [4.78, 5) is 52.8. The minimum Gasteiger partial charge on any atom is -0.870 e. The van der Waals surface area contributed by atoms with Crippen molar-refractivity contribution in [1.29, 1.82) is 0 Å². The first-order valence-corrected chi connectivity index (χ1v) is 22.9. The summed E-state index contributed by atoms with van der Waals surface area (Å²) in [5.41, 5.74) is 0.910. The molecule has 0 bridgehead atoms. The molecule has 0 aliphatic heterocycles. The second kappa shape index (κ2) is 55.1. The molecule has 0 unspecified atom stereocenters. The van der Waals surface area contributed by atoms with E-state index in [0.717, 1.165) is 25.0 Å². The summed E-state index contributed by atoms with van der Waals surface area (Å²) >= 11 is 10.0. The number of carboxylic acid groups (broad SMARTS) is 2. The van der Waals surface area contributed by atoms with Crippen LogP contribution >= 0.6 is 23.2 Å². The molecule has 0 amide bonds. The number of phenolic OH excluding ortho intramolecular Hbond substituents is 1. The third-order valence-corrected chi connectivity index (χ3v) is 7.95. The van der Waals surface area contributed by atoms with Crippen molar-refractivity contribution in [1.82, 2.24) is 0 Å². The van der Waals surface area contributed by atoms with Crippen molar-refractivity contribution in [3.8, 4) is 17.2 Å². The number of carbonyl (C=O) groups excluding carboxylic acids is 3. The summed E-state index contributed by atoms with van der Waals surface area (Å²) in [5, 5.41) is 42.7. The number of aliphatic hydroxyl groups excluding tert-OH is 2. The second-order valence-corrected chi connectivity index (χ2v) is 13.8. The molecular weight excluding hydrogens is 1020 g/mol. The molecule has 73 heavy (non-hydrogen) atoms. The molecule has 24 heteroatoms. The zero-order valence-electron chi connectivity index (χ0n) is 41.4. The van der Waals surface area contributed by atoms with Gasteiger partial charge in [0.15, 0.2) is 0 Å². The van der Waals surface area contributed by atoms with Crippen LogP contribution in [0.1, 0.15) is 50.8 Å². The van der Waals surface area contributed by atoms with E-state index < -0.39 is 23.2 Å². The number of rotatable bonds is 34. The number of phenols is 1. The third-order valence-electron chi connectivity index (χ3n) is 7.64. The van der Waals surface area contributed by atoms with Crippen molar-refractivity contribution in [3.63, 3.8) is 0 Å². The molecule has 0 saturated heterocycles. The molecule has 21 nitrogen and oxygen atoms in total. The van der Waals surface area contributed by atoms with Gasteiger partial charge >= 0.3 is 53.4 Å². The van der Waals surface area contributed by atoms with Crippen LogP contribution in [0.25, 0.3) is 0 Å². The molecule has 3 rings (SSSR count). The SMILES string of the molecule is C=CC(=O)Cl.C=CC(=O)OCCOCCOCCOc1ccc(C(=O)O)cc1.CCCCOC(=O)c1ccc(O)cc1.O=C(O)c1ccc(OCCOCCOCCO)cc1.OCCOCCOCCCl.[Na+].[OH-]. The van der Waals surface area contributed by atoms with Gasteiger partial charge in [0.2, 0.25) is 5.24 Å². The molecule has 0 saturated carbocycles. The topological polar surface area (TPSA) is 309 Å². The maximum Gasteiger partial charge on any atom is 1.00 e. The molecule has 6 N–H and O–H groups in total. The van der Waals surface area contributed by atoms with Crippen molar-refractivity contribution in [2.75, 3.05) is 125 Å². The van der Waals surface area contributed by atoms with Crippen LogP contribution in [-0.2, 0) is 47.5 Å². The summed E-state index contributed by atoms with van der Waals surface area (Å²) in [6.45, 7) is 14.9. The largest absolute Gasteiger partial charge is 1.00 e. The average molecular weight is 1090 g/mol. The number of hydrogen-bond donors (Lipinski definition) is 5. The summed E-state index contributed by atoms with van der Waals surface area (Å²) in [6, 6.07) is 18.4. The van der Waals surface area contributed by atoms with Crippen LogP contribution in [0.2, 0.25) is 0 Å². The standard InChI is InChI=1S/C16H20O7.C13H18O6.C11H14O3.C6H13ClO3.C3H3ClO.Na.H2O/c1-2-15(17)23-12-10-21-8-7-20-9-11-22-14-5-3-13(4-6-14)16(18)19;14-5-6-17-7-8-18-9-10-19-12-3-1-11(2-4-12)13(15)16;1-2-3-8-14-11(13)9-4-6-10(12)7-5-9;7-1-3-9-5-6-10-4-2-8;1-2-3(4)5;;/h2-6H,1,7-12H2,(H,18,19);1-4,14H,5-10H2,(H,15,16);4-7,12H,2-3,8H2,1H3;8H,1-6H2;2H,1H2;;1H2/q;;;;;+1;/p-1. The van der Waals surface area contributed by atoms with E-state index in [1.807, 2.05) is 6.92 Å². The predicted molar refractivity (Wildman–Crippen MR) is 265 cm³/mol. The Balaban J connectivity index is -0.000000432. The predicted octanol–water partition coefficient (Wildman–Crippen LogP) is 2.68. The van der Waals surface area contributed by atoms with Crippen molar-refractivity contribution >= 4 is 52.3 Å². The fourth-order valence-electron chi connectivity index (χ4n) is 4.22. The van der Waals surface area contributed by atoms with Gasteiger partial charge in [0.1, 0.15) is 37.1 Å². The van der Waals surface area contributed by atoms with Gasteiger partial charge in [-0.2, -0.15) is 0 Å². The van der Waals surface area contributed by atoms with Crippen LogP contribution in [-0.4, -0.2) is 185 Å². The number of carbonyl (C=O) groups is 5. The molecule has 0 aromatic heterocycles. The number of allylic oxidation sites excluding steroid dienone is 1. The third kappa shape index (κ3) is 49.3. The molecule has 406 valence electrons. The molecule has 3 aromatic carbocycles. The molecule has 0 fully saturated rings. The van der Waals surface area contributed by atoms with Gasteiger partial charge in [0.05, 0.1) is 116 Å². The maximum absolute atomic E-state index is 11.3. The number of ether oxygens (including phenoxy) is 10. The van der Waals surface area contributed by atoms with E-state index in [9.17, 15) is 24.0 Å². The smallest absolute Gasteiger partial charge is 0.870 e. The summed E-state index contributed by atoms with van der Waals surface area (Å²) in [7, 11) is 0. The molecule has 0 radical (unpaired) electrons. The van der Waals surface area contributed by atoms with E-state index in [1.54, 1.807) is 36.4 Å². The molecule has 3 aromatic rings. The first-order chi connectivity index (χ1) is 34.3. The van der Waals surface area contributed by atoms with E-state index in [4.69, 9.17) is 96.1 Å². The quantitative estimate of drug-likeness (QED) is 0.0143. The van der Waals surface area contributed by atoms with Gasteiger partial charge in [0.25, 0.3) is 0 Å². The van der Waals surface area contributed by atoms with E-state index in [-0.39, 0.29) is 77.7 Å². The van der Waals surface area contributed by atoms with Gasteiger partial charge in [-0.15, -0.1) is 11.6 Å². The van der Waals surface area contributed by atoms with Crippen LogP contribution in [0.5, 0.6) is 17.2 Å². The molecule has 0 spiro atoms. The Kier molecular flexibility index (Phi) is 56.5. The fourth-order valence-corrected chi connectivity index (χ4v) is 4.33. The van der Waals surface area contributed by atoms with Crippen LogP contribution in [0.15, 0.2) is 98.1 Å². The van der Waals surface area contributed by atoms with Crippen LogP contribution < -0.4 is 39.0 Å². The Labute approximate surface area is 458 Å². The Morgan fingerprint density at radius 2 is 0.877 bits per heavy atom. The van der Waals surface area contributed by atoms with E-state index in [1.165, 1.54) is 36.4 Å². The number of alkyl halides is 1. The number of halogens is 2. The number of unbranched alkanes of at least 4 members (excludes halogenated alkanes) is 1. The Hall–Kier alpha value is -4.69. The summed E-state index contributed by atoms with van der Waals surface area (Å²) in [6.07, 6.45) is 4.02. The van der Waals surface area contributed by atoms with Gasteiger partial charge in [-0.1, -0.05) is 26.5 Å². The molecular formula is C49H69Cl2NaO21. The van der Waals surface area contributed by atoms with Gasteiger partial charge in [0, 0.05) is 12.0 Å². The fraction of sp³-hybridized carbons (Fsp3) is 0.449. The number of esters is 2. The van der Waals surface area contributed by atoms with E-state index >= 15 is 0 Å². The van der Waals surface area contributed by atoms with Crippen molar-refractivity contribution in [3.05, 3.63) is 115 Å². The molecule has 0 aliphatic carbocycles. The van der Waals surface area contributed by atoms with Crippen LogP contribution in [0.3, 0.4) is 0 Å². The summed E-state index contributed by atoms with van der Waals surface area (Å²) in [5.74, 6) is -0.895. The van der Waals surface area contributed by atoms with E-state index in [2.05, 4.69) is 13.2 Å². The monoisotopic (exact) mass is 1090 g/mol.